The van der Waals surface area contributed by atoms with Gasteiger partial charge >= 0.3 is 0 Å². The van der Waals surface area contributed by atoms with E-state index in [-0.39, 0.29) is 41.2 Å². The molecule has 0 unspecified atom stereocenters. The summed E-state index contributed by atoms with van der Waals surface area (Å²) in [5.74, 6) is -3.26. The Hall–Kier alpha value is -2.96. The first-order valence-corrected chi connectivity index (χ1v) is 12.9. The van der Waals surface area contributed by atoms with Crippen LogP contribution in [-0.2, 0) is 19.2 Å². The lowest BCUT2D eigenvalue weighted by atomic mass is 9.57. The zero-order chi connectivity index (χ0) is 26.5. The van der Waals surface area contributed by atoms with E-state index in [2.05, 4.69) is 6.08 Å². The molecule has 36 heavy (non-hydrogen) atoms. The number of likely N-dealkylation sites (tertiary alicyclic amines) is 2. The fourth-order valence-corrected chi connectivity index (χ4v) is 7.16. The van der Waals surface area contributed by atoms with Crippen LogP contribution in [-0.4, -0.2) is 49.6 Å². The van der Waals surface area contributed by atoms with Gasteiger partial charge < -0.3 is 5.11 Å². The molecule has 0 radical (unpaired) electrons. The Morgan fingerprint density at radius 2 is 1.33 bits per heavy atom. The predicted molar refractivity (Wildman–Crippen MR) is 134 cm³/mol. The third-order valence-corrected chi connectivity index (χ3v) is 8.57. The van der Waals surface area contributed by atoms with Crippen molar-refractivity contribution in [2.24, 2.45) is 29.6 Å². The molecule has 2 saturated heterocycles. The summed E-state index contributed by atoms with van der Waals surface area (Å²) in [6, 6.07) is 5.33. The Labute approximate surface area is 212 Å². The number of allylic oxidation sites excluding steroid dienone is 2. The summed E-state index contributed by atoms with van der Waals surface area (Å²) in [5.41, 5.74) is 1.24. The Kier molecular flexibility index (Phi) is 5.33. The van der Waals surface area contributed by atoms with Crippen LogP contribution in [0.2, 0.25) is 0 Å². The molecule has 0 bridgehead atoms. The van der Waals surface area contributed by atoms with Crippen molar-refractivity contribution in [2.45, 2.75) is 78.3 Å². The normalized spacial score (nSPS) is 32.5. The van der Waals surface area contributed by atoms with Crippen molar-refractivity contribution in [1.82, 2.24) is 9.80 Å². The molecule has 7 nitrogen and oxygen atoms in total. The van der Waals surface area contributed by atoms with Crippen LogP contribution < -0.4 is 0 Å². The average Bonchev–Trinajstić information content (AvgIpc) is 3.17. The van der Waals surface area contributed by atoms with Gasteiger partial charge in [-0.25, -0.2) is 0 Å². The number of nitrogens with zero attached hydrogens (tertiary/aromatic N) is 2. The van der Waals surface area contributed by atoms with E-state index in [9.17, 15) is 24.3 Å². The summed E-state index contributed by atoms with van der Waals surface area (Å²) in [6.07, 6.45) is 2.90. The number of hydrogen-bond acceptors (Lipinski definition) is 5. The highest BCUT2D eigenvalue weighted by molar-refractivity contribution is 6.08. The molecule has 0 aromatic heterocycles. The van der Waals surface area contributed by atoms with Gasteiger partial charge in [-0.2, -0.15) is 0 Å². The van der Waals surface area contributed by atoms with Crippen LogP contribution in [0.5, 0.6) is 5.75 Å². The smallest absolute Gasteiger partial charge is 0.234 e. The Morgan fingerprint density at radius 1 is 0.778 bits per heavy atom. The molecule has 192 valence electrons. The molecule has 4 amide bonds. The Balaban J connectivity index is 1.66. The molecule has 5 rings (SSSR count). The maximum absolute atomic E-state index is 13.8. The van der Waals surface area contributed by atoms with Crippen LogP contribution >= 0.6 is 0 Å². The third kappa shape index (κ3) is 3.38. The molecular formula is C29H36N2O5. The van der Waals surface area contributed by atoms with Gasteiger partial charge in [-0.05, 0) is 84.4 Å². The zero-order valence-electron chi connectivity index (χ0n) is 22.2. The highest BCUT2D eigenvalue weighted by Gasteiger charge is 2.63. The van der Waals surface area contributed by atoms with Gasteiger partial charge in [0, 0.05) is 17.0 Å². The van der Waals surface area contributed by atoms with Crippen molar-refractivity contribution in [1.29, 1.82) is 0 Å². The number of carbonyl (C=O) groups excluding carboxylic acids is 4. The predicted octanol–water partition coefficient (Wildman–Crippen LogP) is 3.93. The van der Waals surface area contributed by atoms with Crippen molar-refractivity contribution in [2.75, 3.05) is 0 Å². The van der Waals surface area contributed by atoms with Crippen LogP contribution in [0.3, 0.4) is 0 Å². The molecule has 1 aromatic carbocycles. The second kappa shape index (κ2) is 7.77. The summed E-state index contributed by atoms with van der Waals surface area (Å²) in [4.78, 5) is 57.5. The lowest BCUT2D eigenvalue weighted by Crippen LogP contribution is -2.47. The van der Waals surface area contributed by atoms with E-state index in [0.717, 1.165) is 11.1 Å². The van der Waals surface area contributed by atoms with Crippen LogP contribution in [0.15, 0.2) is 29.8 Å². The van der Waals surface area contributed by atoms with Gasteiger partial charge in [0.05, 0.1) is 23.7 Å². The van der Waals surface area contributed by atoms with E-state index in [1.54, 1.807) is 6.07 Å². The minimum atomic E-state index is -0.662. The van der Waals surface area contributed by atoms with Crippen molar-refractivity contribution < 1.29 is 24.3 Å². The fourth-order valence-electron chi connectivity index (χ4n) is 7.16. The molecule has 4 aliphatic rings. The van der Waals surface area contributed by atoms with E-state index < -0.39 is 34.7 Å². The van der Waals surface area contributed by atoms with Gasteiger partial charge in [-0.15, -0.1) is 0 Å². The summed E-state index contributed by atoms with van der Waals surface area (Å²) in [5, 5.41) is 10.2. The highest BCUT2D eigenvalue weighted by Crippen LogP contribution is 2.58. The number of fused-ring (bicyclic) bond motifs is 4. The molecule has 6 atom stereocenters. The molecule has 1 N–H and O–H groups in total. The van der Waals surface area contributed by atoms with Crippen LogP contribution in [0.1, 0.15) is 71.4 Å². The molecule has 2 heterocycles. The Morgan fingerprint density at radius 3 is 1.89 bits per heavy atom. The van der Waals surface area contributed by atoms with Crippen LogP contribution in [0.4, 0.5) is 0 Å². The summed E-state index contributed by atoms with van der Waals surface area (Å²) >= 11 is 0. The first-order valence-electron chi connectivity index (χ1n) is 12.9. The highest BCUT2D eigenvalue weighted by atomic mass is 16.3. The topological polar surface area (TPSA) is 95.0 Å². The number of benzene rings is 1. The SMILES string of the molecule is Cc1cc([C@H]2C3=CC[C@@H]4C(=O)N(C(C)(C)C)C(=O)[C@@H]4[C@@H]3C[C@H]3C(=O)N(C(C)(C)C)C(=O)[C@@H]23)ccc1O. The first kappa shape index (κ1) is 24.7. The van der Waals surface area contributed by atoms with Crippen LogP contribution in [0.25, 0.3) is 0 Å². The van der Waals surface area contributed by atoms with E-state index in [1.807, 2.05) is 60.6 Å². The van der Waals surface area contributed by atoms with Gasteiger partial charge in [-0.1, -0.05) is 23.8 Å². The van der Waals surface area contributed by atoms with Gasteiger partial charge in [0.15, 0.2) is 0 Å². The van der Waals surface area contributed by atoms with E-state index in [0.29, 0.717) is 18.4 Å². The second-order valence-electron chi connectivity index (χ2n) is 12.9. The quantitative estimate of drug-likeness (QED) is 0.473. The largest absolute Gasteiger partial charge is 0.508 e. The Bertz CT molecular complexity index is 1220. The van der Waals surface area contributed by atoms with Gasteiger partial charge in [0.25, 0.3) is 0 Å². The monoisotopic (exact) mass is 492 g/mol. The summed E-state index contributed by atoms with van der Waals surface area (Å²) in [6.45, 7) is 13.0. The zero-order valence-corrected chi connectivity index (χ0v) is 22.2. The van der Waals surface area contributed by atoms with E-state index in [1.165, 1.54) is 9.80 Å². The molecular weight excluding hydrogens is 456 g/mol. The van der Waals surface area contributed by atoms with Crippen molar-refractivity contribution in [3.8, 4) is 5.75 Å². The summed E-state index contributed by atoms with van der Waals surface area (Å²) < 4.78 is 0. The van der Waals surface area contributed by atoms with Gasteiger partial charge in [0.1, 0.15) is 5.75 Å². The molecule has 2 aliphatic carbocycles. The lowest BCUT2D eigenvalue weighted by Gasteiger charge is -2.44. The molecule has 3 fully saturated rings. The van der Waals surface area contributed by atoms with E-state index >= 15 is 0 Å². The van der Waals surface area contributed by atoms with Gasteiger partial charge in [0.2, 0.25) is 23.6 Å². The number of hydrogen-bond donors (Lipinski definition) is 1. The summed E-state index contributed by atoms with van der Waals surface area (Å²) in [7, 11) is 0. The number of phenolic OH excluding ortho intramolecular Hbond substituents is 1. The number of aryl methyl sites for hydroxylation is 1. The third-order valence-electron chi connectivity index (χ3n) is 8.57. The number of carbonyl (C=O) groups is 4. The molecule has 1 saturated carbocycles. The number of rotatable bonds is 1. The minimum Gasteiger partial charge on any atom is -0.508 e. The number of imide groups is 2. The second-order valence-corrected chi connectivity index (χ2v) is 12.9. The standard InChI is InChI=1S/C29H36N2O5/c1-14-12-15(8-11-20(14)32)21-16-9-10-17-22(26(35)30(24(17)33)28(2,3)4)18(16)13-19-23(21)27(36)31(25(19)34)29(5,6)7/h8-9,11-12,17-19,21-23,32H,10,13H2,1-7H3/t17-,18+,19+,21-,22-,23+/m0/s1. The average molecular weight is 493 g/mol. The number of phenols is 1. The van der Waals surface area contributed by atoms with E-state index in [4.69, 9.17) is 0 Å². The molecule has 7 heteroatoms. The maximum atomic E-state index is 13.8. The molecule has 1 aromatic rings. The molecule has 2 aliphatic heterocycles. The van der Waals surface area contributed by atoms with Gasteiger partial charge in [-0.3, -0.25) is 29.0 Å². The lowest BCUT2D eigenvalue weighted by molar-refractivity contribution is -0.147. The molecule has 0 spiro atoms. The number of aromatic hydroxyl groups is 1. The van der Waals surface area contributed by atoms with Crippen LogP contribution in [0, 0.1) is 36.5 Å². The van der Waals surface area contributed by atoms with Crippen molar-refractivity contribution >= 4 is 23.6 Å². The maximum Gasteiger partial charge on any atom is 0.234 e. The first-order chi connectivity index (χ1) is 16.6. The van der Waals surface area contributed by atoms with Crippen molar-refractivity contribution in [3.05, 3.63) is 41.0 Å². The number of amides is 4. The fraction of sp³-hybridized carbons (Fsp3) is 0.586. The van der Waals surface area contributed by atoms with Crippen molar-refractivity contribution in [3.63, 3.8) is 0 Å². The minimum absolute atomic E-state index is 0.142.